The fourth-order valence-corrected chi connectivity index (χ4v) is 3.02. The highest BCUT2D eigenvalue weighted by atomic mass is 16.5. The highest BCUT2D eigenvalue weighted by Gasteiger charge is 2.38. The molecule has 1 atom stereocenters. The van der Waals surface area contributed by atoms with Crippen LogP contribution < -0.4 is 4.74 Å². The van der Waals surface area contributed by atoms with Crippen LogP contribution in [-0.2, 0) is 5.60 Å². The normalized spacial score (nSPS) is 13.8. The Labute approximate surface area is 157 Å². The number of rotatable bonds is 7. The van der Waals surface area contributed by atoms with Gasteiger partial charge in [0, 0.05) is 25.2 Å². The van der Waals surface area contributed by atoms with Crippen LogP contribution in [0.2, 0.25) is 0 Å². The summed E-state index contributed by atoms with van der Waals surface area (Å²) >= 11 is 0. The zero-order valence-corrected chi connectivity index (χ0v) is 16.7. The van der Waals surface area contributed by atoms with E-state index in [1.165, 1.54) is 0 Å². The second kappa shape index (κ2) is 8.37. The van der Waals surface area contributed by atoms with Gasteiger partial charge in [-0.1, -0.05) is 44.2 Å². The van der Waals surface area contributed by atoms with Crippen LogP contribution in [0.4, 0.5) is 5.69 Å². The average molecular weight is 354 g/mol. The summed E-state index contributed by atoms with van der Waals surface area (Å²) in [5, 5.41) is 11.7. The van der Waals surface area contributed by atoms with Gasteiger partial charge in [-0.3, -0.25) is 0 Å². The Morgan fingerprint density at radius 2 is 1.88 bits per heavy atom. The van der Waals surface area contributed by atoms with Gasteiger partial charge < -0.3 is 14.7 Å². The minimum absolute atomic E-state index is 0.0289. The summed E-state index contributed by atoms with van der Waals surface area (Å²) in [6.07, 6.45) is 1.81. The second-order valence-corrected chi connectivity index (χ2v) is 6.94. The van der Waals surface area contributed by atoms with Crippen LogP contribution in [0, 0.1) is 12.8 Å². The van der Waals surface area contributed by atoms with E-state index < -0.39 is 5.60 Å². The number of methoxy groups -OCH3 is 1. The fraction of sp³-hybridized carbons (Fsp3) is 0.409. The van der Waals surface area contributed by atoms with E-state index in [0.717, 1.165) is 28.9 Å². The van der Waals surface area contributed by atoms with Gasteiger partial charge in [0.15, 0.2) is 0 Å². The third-order valence-electron chi connectivity index (χ3n) is 4.87. The summed E-state index contributed by atoms with van der Waals surface area (Å²) in [6.45, 7) is 9.01. The van der Waals surface area contributed by atoms with Crippen molar-refractivity contribution in [2.75, 3.05) is 20.7 Å². The summed E-state index contributed by atoms with van der Waals surface area (Å²) in [5.74, 6) is 0.612. The first-order valence-electron chi connectivity index (χ1n) is 9.06. The lowest BCUT2D eigenvalue weighted by Gasteiger charge is -2.35. The predicted molar refractivity (Wildman–Crippen MR) is 108 cm³/mol. The Morgan fingerprint density at radius 1 is 1.23 bits per heavy atom. The van der Waals surface area contributed by atoms with E-state index in [9.17, 15) is 5.11 Å². The van der Waals surface area contributed by atoms with Gasteiger partial charge in [0.25, 0.3) is 0 Å². The molecule has 0 heterocycles. The first kappa shape index (κ1) is 20.0. The van der Waals surface area contributed by atoms with Crippen LogP contribution in [0.1, 0.15) is 37.5 Å². The molecule has 0 fully saturated rings. The van der Waals surface area contributed by atoms with Crippen LogP contribution in [0.25, 0.3) is 0 Å². The SMILES string of the molecule is CCN(C)C=Nc1cc(OC)c(C(O)(c2ccccc2)C(C)C)cc1C. The molecule has 1 N–H and O–H groups in total. The van der Waals surface area contributed by atoms with E-state index >= 15 is 0 Å². The Balaban J connectivity index is 2.61. The number of aliphatic imine (C=N–C) groups is 1. The number of nitrogens with zero attached hydrogens (tertiary/aromatic N) is 2. The van der Waals surface area contributed by atoms with Gasteiger partial charge in [0.05, 0.1) is 19.1 Å². The van der Waals surface area contributed by atoms with E-state index in [-0.39, 0.29) is 5.92 Å². The van der Waals surface area contributed by atoms with Crippen LogP contribution in [0.3, 0.4) is 0 Å². The Hall–Kier alpha value is -2.33. The standard InChI is InChI=1S/C22H30N2O2/c1-7-24(5)15-23-20-14-21(26-6)19(13-17(20)4)22(25,16(2)3)18-11-9-8-10-12-18/h8-16,25H,7H2,1-6H3. The lowest BCUT2D eigenvalue weighted by Crippen LogP contribution is -2.34. The minimum atomic E-state index is -1.14. The van der Waals surface area contributed by atoms with Gasteiger partial charge in [0.1, 0.15) is 11.4 Å². The van der Waals surface area contributed by atoms with Gasteiger partial charge in [-0.05, 0) is 37.0 Å². The van der Waals surface area contributed by atoms with Crippen LogP contribution in [0.15, 0.2) is 47.5 Å². The van der Waals surface area contributed by atoms with E-state index in [2.05, 4.69) is 11.9 Å². The molecule has 0 aliphatic carbocycles. The molecule has 0 saturated carbocycles. The van der Waals surface area contributed by atoms with Gasteiger partial charge in [-0.25, -0.2) is 4.99 Å². The van der Waals surface area contributed by atoms with Crippen molar-refractivity contribution in [3.63, 3.8) is 0 Å². The van der Waals surface area contributed by atoms with Crippen molar-refractivity contribution < 1.29 is 9.84 Å². The van der Waals surface area contributed by atoms with E-state index in [1.807, 2.05) is 81.5 Å². The highest BCUT2D eigenvalue weighted by molar-refractivity contribution is 5.65. The van der Waals surface area contributed by atoms with Crippen LogP contribution in [0.5, 0.6) is 5.75 Å². The third-order valence-corrected chi connectivity index (χ3v) is 4.87. The maximum atomic E-state index is 11.7. The highest BCUT2D eigenvalue weighted by Crippen LogP contribution is 2.43. The van der Waals surface area contributed by atoms with Crippen molar-refractivity contribution in [2.24, 2.45) is 10.9 Å². The van der Waals surface area contributed by atoms with E-state index in [4.69, 9.17) is 4.74 Å². The Kier molecular flexibility index (Phi) is 6.43. The van der Waals surface area contributed by atoms with Crippen molar-refractivity contribution in [3.05, 3.63) is 59.2 Å². The molecule has 140 valence electrons. The molecule has 0 spiro atoms. The number of aliphatic hydroxyl groups is 1. The molecule has 1 unspecified atom stereocenters. The van der Waals surface area contributed by atoms with Crippen molar-refractivity contribution >= 4 is 12.0 Å². The monoisotopic (exact) mass is 354 g/mol. The minimum Gasteiger partial charge on any atom is -0.496 e. The fourth-order valence-electron chi connectivity index (χ4n) is 3.02. The Bertz CT molecular complexity index is 756. The molecular formula is C22H30N2O2. The number of ether oxygens (including phenoxy) is 1. The van der Waals surface area contributed by atoms with Crippen molar-refractivity contribution in [2.45, 2.75) is 33.3 Å². The lowest BCUT2D eigenvalue weighted by molar-refractivity contribution is 0.0294. The summed E-state index contributed by atoms with van der Waals surface area (Å²) in [6, 6.07) is 13.6. The molecule has 2 aromatic carbocycles. The molecule has 0 bridgehead atoms. The molecular weight excluding hydrogens is 324 g/mol. The van der Waals surface area contributed by atoms with Gasteiger partial charge in [-0.15, -0.1) is 0 Å². The zero-order chi connectivity index (χ0) is 19.3. The molecule has 0 saturated heterocycles. The van der Waals surface area contributed by atoms with Gasteiger partial charge >= 0.3 is 0 Å². The summed E-state index contributed by atoms with van der Waals surface area (Å²) in [5.41, 5.74) is 2.32. The molecule has 0 aromatic heterocycles. The first-order valence-corrected chi connectivity index (χ1v) is 9.06. The quantitative estimate of drug-likeness (QED) is 0.588. The molecule has 2 aromatic rings. The third kappa shape index (κ3) is 3.91. The molecule has 4 nitrogen and oxygen atoms in total. The Morgan fingerprint density at radius 3 is 2.42 bits per heavy atom. The van der Waals surface area contributed by atoms with Gasteiger partial charge in [-0.2, -0.15) is 0 Å². The maximum absolute atomic E-state index is 11.7. The topological polar surface area (TPSA) is 45.1 Å². The number of hydrogen-bond donors (Lipinski definition) is 1. The summed E-state index contributed by atoms with van der Waals surface area (Å²) in [4.78, 5) is 6.57. The average Bonchev–Trinajstić information content (AvgIpc) is 2.66. The van der Waals surface area contributed by atoms with Crippen LogP contribution in [-0.4, -0.2) is 37.0 Å². The smallest absolute Gasteiger partial charge is 0.127 e. The largest absolute Gasteiger partial charge is 0.496 e. The molecule has 2 rings (SSSR count). The zero-order valence-electron chi connectivity index (χ0n) is 16.7. The molecule has 26 heavy (non-hydrogen) atoms. The molecule has 0 amide bonds. The van der Waals surface area contributed by atoms with E-state index in [0.29, 0.717) is 5.75 Å². The molecule has 0 aliphatic heterocycles. The first-order chi connectivity index (χ1) is 12.3. The maximum Gasteiger partial charge on any atom is 0.127 e. The van der Waals surface area contributed by atoms with Crippen molar-refractivity contribution in [3.8, 4) is 5.75 Å². The van der Waals surface area contributed by atoms with Crippen molar-refractivity contribution in [1.82, 2.24) is 4.90 Å². The summed E-state index contributed by atoms with van der Waals surface area (Å²) < 4.78 is 5.64. The molecule has 0 radical (unpaired) electrons. The predicted octanol–water partition coefficient (Wildman–Crippen LogP) is 4.51. The van der Waals surface area contributed by atoms with Gasteiger partial charge in [0.2, 0.25) is 0 Å². The van der Waals surface area contributed by atoms with Crippen LogP contribution >= 0.6 is 0 Å². The van der Waals surface area contributed by atoms with E-state index in [1.54, 1.807) is 7.11 Å². The number of hydrogen-bond acceptors (Lipinski definition) is 3. The number of benzene rings is 2. The molecule has 4 heteroatoms. The lowest BCUT2D eigenvalue weighted by atomic mass is 9.77. The van der Waals surface area contributed by atoms with Crippen molar-refractivity contribution in [1.29, 1.82) is 0 Å². The molecule has 0 aliphatic rings. The second-order valence-electron chi connectivity index (χ2n) is 6.94. The summed E-state index contributed by atoms with van der Waals surface area (Å²) in [7, 11) is 3.61. The number of aryl methyl sites for hydroxylation is 1.